The number of amides is 1. The molecular formula is C22H23N3O4S2. The van der Waals surface area contributed by atoms with Gasteiger partial charge in [0.05, 0.1) is 47.5 Å². The molecule has 7 nitrogen and oxygen atoms in total. The summed E-state index contributed by atoms with van der Waals surface area (Å²) in [6.07, 6.45) is 0. The van der Waals surface area contributed by atoms with Crippen molar-refractivity contribution in [1.29, 1.82) is 0 Å². The van der Waals surface area contributed by atoms with Crippen LogP contribution in [0.3, 0.4) is 0 Å². The Morgan fingerprint density at radius 1 is 1.23 bits per heavy atom. The normalized spacial score (nSPS) is 13.9. The van der Waals surface area contributed by atoms with E-state index in [9.17, 15) is 9.59 Å². The molecule has 1 aliphatic heterocycles. The molecule has 2 heterocycles. The number of nitrogens with zero attached hydrogens (tertiary/aromatic N) is 2. The van der Waals surface area contributed by atoms with Crippen molar-refractivity contribution in [2.24, 2.45) is 0 Å². The van der Waals surface area contributed by atoms with Gasteiger partial charge in [0.1, 0.15) is 5.01 Å². The van der Waals surface area contributed by atoms with Gasteiger partial charge in [0.2, 0.25) is 5.91 Å². The lowest BCUT2D eigenvalue weighted by Gasteiger charge is -2.29. The molecule has 0 spiro atoms. The number of rotatable bonds is 7. The molecule has 0 radical (unpaired) electrons. The first-order valence-corrected chi connectivity index (χ1v) is 11.9. The zero-order valence-corrected chi connectivity index (χ0v) is 18.8. The Bertz CT molecular complexity index is 1050. The molecule has 1 N–H and O–H groups in total. The Labute approximate surface area is 188 Å². The number of fused-ring (bicyclic) bond motifs is 1. The number of aromatic nitrogens is 1. The maximum atomic E-state index is 12.5. The summed E-state index contributed by atoms with van der Waals surface area (Å²) in [5.74, 6) is 0.275. The molecule has 0 aliphatic carbocycles. The minimum atomic E-state index is -0.479. The molecule has 0 saturated carbocycles. The second-order valence-electron chi connectivity index (χ2n) is 6.94. The summed E-state index contributed by atoms with van der Waals surface area (Å²) in [6.45, 7) is 2.82. The highest BCUT2D eigenvalue weighted by molar-refractivity contribution is 7.99. The lowest BCUT2D eigenvalue weighted by atomic mass is 10.1. The van der Waals surface area contributed by atoms with E-state index in [0.29, 0.717) is 30.2 Å². The van der Waals surface area contributed by atoms with E-state index >= 15 is 0 Å². The molecule has 3 aromatic rings. The molecule has 4 rings (SSSR count). The van der Waals surface area contributed by atoms with E-state index < -0.39 is 5.97 Å². The second-order valence-corrected chi connectivity index (χ2v) is 9.04. The molecule has 2 aromatic carbocycles. The number of benzene rings is 2. The molecule has 1 aliphatic rings. The number of anilines is 2. The van der Waals surface area contributed by atoms with E-state index in [1.807, 2.05) is 30.3 Å². The van der Waals surface area contributed by atoms with Crippen LogP contribution in [0, 0.1) is 0 Å². The number of ether oxygens (including phenoxy) is 2. The number of esters is 1. The summed E-state index contributed by atoms with van der Waals surface area (Å²) in [5.41, 5.74) is 2.69. The van der Waals surface area contributed by atoms with Crippen LogP contribution in [0.5, 0.6) is 0 Å². The Kier molecular flexibility index (Phi) is 7.06. The van der Waals surface area contributed by atoms with Gasteiger partial charge in [0.15, 0.2) is 0 Å². The number of thioether (sulfide) groups is 1. The van der Waals surface area contributed by atoms with Gasteiger partial charge in [-0.05, 0) is 30.3 Å². The van der Waals surface area contributed by atoms with Crippen LogP contribution in [0.2, 0.25) is 0 Å². The van der Waals surface area contributed by atoms with Gasteiger partial charge in [-0.25, -0.2) is 9.78 Å². The number of carbonyl (C=O) groups excluding carboxylic acids is 2. The van der Waals surface area contributed by atoms with Crippen molar-refractivity contribution < 1.29 is 19.1 Å². The van der Waals surface area contributed by atoms with Crippen molar-refractivity contribution in [3.63, 3.8) is 0 Å². The van der Waals surface area contributed by atoms with Crippen molar-refractivity contribution in [3.8, 4) is 0 Å². The Balaban J connectivity index is 1.38. The quantitative estimate of drug-likeness (QED) is 0.541. The number of para-hydroxylation sites is 1. The predicted octanol–water partition coefficient (Wildman–Crippen LogP) is 3.79. The average Bonchev–Trinajstić information content (AvgIpc) is 3.22. The topological polar surface area (TPSA) is 80.8 Å². The second kappa shape index (κ2) is 10.1. The highest BCUT2D eigenvalue weighted by Crippen LogP contribution is 2.27. The average molecular weight is 458 g/mol. The van der Waals surface area contributed by atoms with E-state index in [2.05, 4.69) is 15.2 Å². The minimum Gasteiger partial charge on any atom is -0.465 e. The fourth-order valence-electron chi connectivity index (χ4n) is 3.34. The molecule has 1 saturated heterocycles. The summed E-state index contributed by atoms with van der Waals surface area (Å²) >= 11 is 3.13. The first-order valence-electron chi connectivity index (χ1n) is 9.91. The van der Waals surface area contributed by atoms with Crippen LogP contribution in [-0.4, -0.2) is 56.0 Å². The van der Waals surface area contributed by atoms with Crippen LogP contribution in [0.15, 0.2) is 42.5 Å². The van der Waals surface area contributed by atoms with Gasteiger partial charge in [-0.2, -0.15) is 0 Å². The van der Waals surface area contributed by atoms with Crippen LogP contribution in [0.4, 0.5) is 11.4 Å². The standard InChI is InChI=1S/C22H23N3O4S2/c1-28-22(27)16-12-15(25-8-10-29-11-9-25)6-7-17(16)23-20(26)13-30-14-21-24-18-4-2-3-5-19(18)31-21/h2-7,12H,8-11,13-14H2,1H3,(H,23,26). The summed E-state index contributed by atoms with van der Waals surface area (Å²) in [5, 5.41) is 3.84. The third kappa shape index (κ3) is 5.36. The lowest BCUT2D eigenvalue weighted by molar-refractivity contribution is -0.113. The lowest BCUT2D eigenvalue weighted by Crippen LogP contribution is -2.36. The number of hydrogen-bond donors (Lipinski definition) is 1. The van der Waals surface area contributed by atoms with E-state index in [1.54, 1.807) is 23.5 Å². The van der Waals surface area contributed by atoms with Crippen molar-refractivity contribution in [3.05, 3.63) is 53.0 Å². The summed E-state index contributed by atoms with van der Waals surface area (Å²) in [6, 6.07) is 13.4. The third-order valence-electron chi connectivity index (χ3n) is 4.86. The molecule has 31 heavy (non-hydrogen) atoms. The van der Waals surface area contributed by atoms with Crippen LogP contribution >= 0.6 is 23.1 Å². The zero-order chi connectivity index (χ0) is 21.6. The maximum absolute atomic E-state index is 12.5. The first-order chi connectivity index (χ1) is 15.1. The van der Waals surface area contributed by atoms with Gasteiger partial charge in [-0.1, -0.05) is 12.1 Å². The Morgan fingerprint density at radius 3 is 2.81 bits per heavy atom. The van der Waals surface area contributed by atoms with E-state index in [0.717, 1.165) is 34.0 Å². The molecular weight excluding hydrogens is 434 g/mol. The molecule has 162 valence electrons. The monoisotopic (exact) mass is 457 g/mol. The first kappa shape index (κ1) is 21.6. The van der Waals surface area contributed by atoms with Crippen molar-refractivity contribution in [2.75, 3.05) is 49.4 Å². The minimum absolute atomic E-state index is 0.171. The molecule has 0 unspecified atom stereocenters. The molecule has 1 aromatic heterocycles. The fraction of sp³-hybridized carbons (Fsp3) is 0.318. The zero-order valence-electron chi connectivity index (χ0n) is 17.1. The maximum Gasteiger partial charge on any atom is 0.340 e. The highest BCUT2D eigenvalue weighted by Gasteiger charge is 2.18. The number of nitrogens with one attached hydrogen (secondary N) is 1. The molecule has 1 fully saturated rings. The smallest absolute Gasteiger partial charge is 0.340 e. The molecule has 0 atom stereocenters. The van der Waals surface area contributed by atoms with Crippen LogP contribution in [0.25, 0.3) is 10.2 Å². The van der Waals surface area contributed by atoms with Crippen molar-refractivity contribution >= 4 is 56.6 Å². The van der Waals surface area contributed by atoms with Gasteiger partial charge in [0, 0.05) is 24.5 Å². The third-order valence-corrected chi connectivity index (χ3v) is 7.02. The number of carbonyl (C=O) groups is 2. The van der Waals surface area contributed by atoms with Gasteiger partial charge < -0.3 is 19.7 Å². The van der Waals surface area contributed by atoms with E-state index in [1.165, 1.54) is 18.9 Å². The molecule has 9 heteroatoms. The van der Waals surface area contributed by atoms with Gasteiger partial charge in [-0.3, -0.25) is 4.79 Å². The SMILES string of the molecule is COC(=O)c1cc(N2CCOCC2)ccc1NC(=O)CSCc1nc2ccccc2s1. The summed E-state index contributed by atoms with van der Waals surface area (Å²) in [7, 11) is 1.34. The number of methoxy groups -OCH3 is 1. The van der Waals surface area contributed by atoms with Crippen LogP contribution in [-0.2, 0) is 20.0 Å². The number of hydrogen-bond acceptors (Lipinski definition) is 8. The number of thiazole rings is 1. The largest absolute Gasteiger partial charge is 0.465 e. The highest BCUT2D eigenvalue weighted by atomic mass is 32.2. The van der Waals surface area contributed by atoms with Crippen LogP contribution in [0.1, 0.15) is 15.4 Å². The summed E-state index contributed by atoms with van der Waals surface area (Å²) < 4.78 is 11.5. The molecule has 1 amide bonds. The Hall–Kier alpha value is -2.62. The van der Waals surface area contributed by atoms with E-state index in [4.69, 9.17) is 9.47 Å². The fourth-order valence-corrected chi connectivity index (χ4v) is 5.18. The van der Waals surface area contributed by atoms with E-state index in [-0.39, 0.29) is 11.7 Å². The number of morpholine rings is 1. The Morgan fingerprint density at radius 2 is 2.03 bits per heavy atom. The van der Waals surface area contributed by atoms with Gasteiger partial charge in [-0.15, -0.1) is 23.1 Å². The summed E-state index contributed by atoms with van der Waals surface area (Å²) in [4.78, 5) is 31.5. The predicted molar refractivity (Wildman–Crippen MR) is 125 cm³/mol. The van der Waals surface area contributed by atoms with Gasteiger partial charge in [0.25, 0.3) is 0 Å². The van der Waals surface area contributed by atoms with Gasteiger partial charge >= 0.3 is 5.97 Å². The van der Waals surface area contributed by atoms with Crippen molar-refractivity contribution in [1.82, 2.24) is 4.98 Å². The van der Waals surface area contributed by atoms with Crippen LogP contribution < -0.4 is 10.2 Å². The molecule has 0 bridgehead atoms. The van der Waals surface area contributed by atoms with Crippen molar-refractivity contribution in [2.45, 2.75) is 5.75 Å².